The summed E-state index contributed by atoms with van der Waals surface area (Å²) in [5, 5.41) is 2.18. The monoisotopic (exact) mass is 302 g/mol. The van der Waals surface area contributed by atoms with E-state index in [0.29, 0.717) is 13.2 Å². The maximum Gasteiger partial charge on any atom is 0.204 e. The highest BCUT2D eigenvalue weighted by Crippen LogP contribution is 2.43. The SMILES string of the molecule is CCCCOc1c(OC)cc2ccccc2c1OCCCC. The summed E-state index contributed by atoms with van der Waals surface area (Å²) in [4.78, 5) is 0. The molecule has 0 bridgehead atoms. The molecule has 2 aromatic carbocycles. The van der Waals surface area contributed by atoms with Crippen molar-refractivity contribution in [2.24, 2.45) is 0 Å². The zero-order valence-electron chi connectivity index (χ0n) is 13.9. The molecule has 0 spiro atoms. The van der Waals surface area contributed by atoms with Crippen molar-refractivity contribution in [2.45, 2.75) is 39.5 Å². The zero-order valence-corrected chi connectivity index (χ0v) is 13.9. The lowest BCUT2D eigenvalue weighted by atomic mass is 10.1. The molecule has 0 saturated heterocycles. The number of ether oxygens (including phenoxy) is 3. The van der Waals surface area contributed by atoms with Crippen molar-refractivity contribution < 1.29 is 14.2 Å². The molecule has 22 heavy (non-hydrogen) atoms. The summed E-state index contributed by atoms with van der Waals surface area (Å²) in [7, 11) is 1.67. The summed E-state index contributed by atoms with van der Waals surface area (Å²) < 4.78 is 17.6. The maximum absolute atomic E-state index is 6.06. The van der Waals surface area contributed by atoms with Crippen LogP contribution >= 0.6 is 0 Å². The molecule has 2 rings (SSSR count). The van der Waals surface area contributed by atoms with Crippen LogP contribution in [-0.4, -0.2) is 20.3 Å². The first kappa shape index (κ1) is 16.5. The normalized spacial score (nSPS) is 10.7. The second-order valence-electron chi connectivity index (χ2n) is 5.36. The maximum atomic E-state index is 6.06. The van der Waals surface area contributed by atoms with Gasteiger partial charge < -0.3 is 14.2 Å². The van der Waals surface area contributed by atoms with E-state index in [4.69, 9.17) is 14.2 Å². The highest BCUT2D eigenvalue weighted by Gasteiger charge is 2.17. The Morgan fingerprint density at radius 3 is 2.14 bits per heavy atom. The number of benzene rings is 2. The van der Waals surface area contributed by atoms with Crippen molar-refractivity contribution in [2.75, 3.05) is 20.3 Å². The minimum Gasteiger partial charge on any atom is -0.493 e. The first-order valence-corrected chi connectivity index (χ1v) is 8.17. The first-order chi connectivity index (χ1) is 10.8. The highest BCUT2D eigenvalue weighted by atomic mass is 16.5. The van der Waals surface area contributed by atoms with Crippen LogP contribution in [0.15, 0.2) is 30.3 Å². The van der Waals surface area contributed by atoms with E-state index in [0.717, 1.165) is 53.7 Å². The van der Waals surface area contributed by atoms with Crippen molar-refractivity contribution in [1.82, 2.24) is 0 Å². The van der Waals surface area contributed by atoms with Gasteiger partial charge in [0.15, 0.2) is 11.5 Å². The van der Waals surface area contributed by atoms with Gasteiger partial charge in [0.05, 0.1) is 20.3 Å². The number of hydrogen-bond donors (Lipinski definition) is 0. The van der Waals surface area contributed by atoms with Crippen molar-refractivity contribution in [3.63, 3.8) is 0 Å². The topological polar surface area (TPSA) is 27.7 Å². The van der Waals surface area contributed by atoms with Gasteiger partial charge in [-0.25, -0.2) is 0 Å². The van der Waals surface area contributed by atoms with Gasteiger partial charge in [0.2, 0.25) is 5.75 Å². The molecule has 3 heteroatoms. The van der Waals surface area contributed by atoms with Crippen molar-refractivity contribution in [1.29, 1.82) is 0 Å². The third-order valence-electron chi connectivity index (χ3n) is 3.63. The van der Waals surface area contributed by atoms with Crippen molar-refractivity contribution in [3.8, 4) is 17.2 Å². The van der Waals surface area contributed by atoms with Gasteiger partial charge in [-0.3, -0.25) is 0 Å². The molecule has 2 aromatic rings. The Morgan fingerprint density at radius 2 is 1.50 bits per heavy atom. The van der Waals surface area contributed by atoms with Crippen molar-refractivity contribution in [3.05, 3.63) is 30.3 Å². The predicted octanol–water partition coefficient (Wildman–Crippen LogP) is 5.21. The molecule has 0 aliphatic rings. The van der Waals surface area contributed by atoms with Crippen LogP contribution in [0.3, 0.4) is 0 Å². The van der Waals surface area contributed by atoms with Crippen LogP contribution in [-0.2, 0) is 0 Å². The number of fused-ring (bicyclic) bond motifs is 1. The van der Waals surface area contributed by atoms with Crippen LogP contribution in [0, 0.1) is 0 Å². The summed E-state index contributed by atoms with van der Waals surface area (Å²) in [5.41, 5.74) is 0. The van der Waals surface area contributed by atoms with E-state index in [1.165, 1.54) is 0 Å². The van der Waals surface area contributed by atoms with E-state index in [2.05, 4.69) is 26.0 Å². The molecule has 0 saturated carbocycles. The fourth-order valence-corrected chi connectivity index (χ4v) is 2.34. The average molecular weight is 302 g/mol. The Balaban J connectivity index is 2.43. The van der Waals surface area contributed by atoms with Gasteiger partial charge in [-0.1, -0.05) is 51.0 Å². The standard InChI is InChI=1S/C19H26O3/c1-4-6-12-21-18-16-11-9-8-10-15(16)14-17(20-3)19(18)22-13-7-5-2/h8-11,14H,4-7,12-13H2,1-3H3. The van der Waals surface area contributed by atoms with Gasteiger partial charge in [-0.2, -0.15) is 0 Å². The molecular formula is C19H26O3. The van der Waals surface area contributed by atoms with E-state index in [1.54, 1.807) is 7.11 Å². The Hall–Kier alpha value is -1.90. The lowest BCUT2D eigenvalue weighted by molar-refractivity contribution is 0.252. The zero-order chi connectivity index (χ0) is 15.8. The largest absolute Gasteiger partial charge is 0.493 e. The third kappa shape index (κ3) is 3.85. The fraction of sp³-hybridized carbons (Fsp3) is 0.474. The van der Waals surface area contributed by atoms with E-state index >= 15 is 0 Å². The molecule has 0 fully saturated rings. The molecule has 0 amide bonds. The van der Waals surface area contributed by atoms with Crippen LogP contribution in [0.25, 0.3) is 10.8 Å². The molecule has 0 heterocycles. The van der Waals surface area contributed by atoms with Crippen LogP contribution in [0.4, 0.5) is 0 Å². The third-order valence-corrected chi connectivity index (χ3v) is 3.63. The lowest BCUT2D eigenvalue weighted by Crippen LogP contribution is -2.04. The summed E-state index contributed by atoms with van der Waals surface area (Å²) in [6.07, 6.45) is 4.25. The van der Waals surface area contributed by atoms with Gasteiger partial charge >= 0.3 is 0 Å². The van der Waals surface area contributed by atoms with E-state index in [-0.39, 0.29) is 0 Å². The second kappa shape index (κ2) is 8.52. The van der Waals surface area contributed by atoms with Gasteiger partial charge in [-0.15, -0.1) is 0 Å². The number of rotatable bonds is 9. The quantitative estimate of drug-likeness (QED) is 0.595. The summed E-state index contributed by atoms with van der Waals surface area (Å²) in [6.45, 7) is 5.68. The van der Waals surface area contributed by atoms with Crippen LogP contribution < -0.4 is 14.2 Å². The minimum absolute atomic E-state index is 0.676. The van der Waals surface area contributed by atoms with Gasteiger partial charge in [0.1, 0.15) is 0 Å². The van der Waals surface area contributed by atoms with Gasteiger partial charge in [0, 0.05) is 5.39 Å². The molecule has 0 unspecified atom stereocenters. The number of hydrogen-bond acceptors (Lipinski definition) is 3. The summed E-state index contributed by atoms with van der Waals surface area (Å²) in [5.74, 6) is 2.27. The molecule has 0 aromatic heterocycles. The predicted molar refractivity (Wildman–Crippen MR) is 91.3 cm³/mol. The van der Waals surface area contributed by atoms with Crippen LogP contribution in [0.5, 0.6) is 17.2 Å². The van der Waals surface area contributed by atoms with E-state index in [1.807, 2.05) is 18.2 Å². The second-order valence-corrected chi connectivity index (χ2v) is 5.36. The van der Waals surface area contributed by atoms with E-state index < -0.39 is 0 Å². The molecule has 0 aliphatic heterocycles. The lowest BCUT2D eigenvalue weighted by Gasteiger charge is -2.18. The average Bonchev–Trinajstić information content (AvgIpc) is 2.56. The molecule has 0 atom stereocenters. The molecular weight excluding hydrogens is 276 g/mol. The summed E-state index contributed by atoms with van der Waals surface area (Å²) in [6, 6.07) is 10.2. The number of unbranched alkanes of at least 4 members (excludes halogenated alkanes) is 2. The smallest absolute Gasteiger partial charge is 0.204 e. The van der Waals surface area contributed by atoms with Gasteiger partial charge in [-0.05, 0) is 24.3 Å². The van der Waals surface area contributed by atoms with E-state index in [9.17, 15) is 0 Å². The van der Waals surface area contributed by atoms with Crippen LogP contribution in [0.1, 0.15) is 39.5 Å². The van der Waals surface area contributed by atoms with Gasteiger partial charge in [0.25, 0.3) is 0 Å². The highest BCUT2D eigenvalue weighted by molar-refractivity contribution is 5.93. The molecule has 0 radical (unpaired) electrons. The molecule has 0 N–H and O–H groups in total. The van der Waals surface area contributed by atoms with Crippen molar-refractivity contribution >= 4 is 10.8 Å². The summed E-state index contributed by atoms with van der Waals surface area (Å²) >= 11 is 0. The van der Waals surface area contributed by atoms with Crippen LogP contribution in [0.2, 0.25) is 0 Å². The first-order valence-electron chi connectivity index (χ1n) is 8.17. The Bertz CT molecular complexity index is 592. The Kier molecular flexibility index (Phi) is 6.38. The molecule has 3 nitrogen and oxygen atoms in total. The fourth-order valence-electron chi connectivity index (χ4n) is 2.34. The molecule has 0 aliphatic carbocycles. The number of methoxy groups -OCH3 is 1. The molecule has 120 valence electrons. The Labute approximate surface area is 133 Å². The minimum atomic E-state index is 0.676. The Morgan fingerprint density at radius 1 is 0.864 bits per heavy atom.